The summed E-state index contributed by atoms with van der Waals surface area (Å²) < 4.78 is 4.66. The first kappa shape index (κ1) is 21.6. The van der Waals surface area contributed by atoms with Crippen LogP contribution in [0.3, 0.4) is 0 Å². The Bertz CT molecular complexity index is 684. The number of unbranched alkanes of at least 4 members (excludes halogenated alkanes) is 1. The van der Waals surface area contributed by atoms with Crippen molar-refractivity contribution in [2.24, 2.45) is 5.11 Å². The van der Waals surface area contributed by atoms with E-state index in [0.29, 0.717) is 18.2 Å². The van der Waals surface area contributed by atoms with Crippen molar-refractivity contribution in [2.45, 2.75) is 48.3 Å². The quantitative estimate of drug-likeness (QED) is 0.139. The predicted molar refractivity (Wildman–Crippen MR) is 110 cm³/mol. The highest BCUT2D eigenvalue weighted by Gasteiger charge is 2.39. The minimum Gasteiger partial charge on any atom is -0.469 e. The number of benzene rings is 1. The largest absolute Gasteiger partial charge is 0.469 e. The number of halogens is 1. The van der Waals surface area contributed by atoms with E-state index in [1.54, 1.807) is 16.7 Å². The molecule has 1 heterocycles. The van der Waals surface area contributed by atoms with E-state index in [9.17, 15) is 9.59 Å². The monoisotopic (exact) mass is 454 g/mol. The first-order chi connectivity index (χ1) is 13.1. The van der Waals surface area contributed by atoms with Crippen LogP contribution in [0.2, 0.25) is 0 Å². The maximum atomic E-state index is 12.4. The van der Waals surface area contributed by atoms with E-state index in [1.807, 2.05) is 30.3 Å². The van der Waals surface area contributed by atoms with E-state index in [0.717, 1.165) is 30.6 Å². The molecule has 0 unspecified atom stereocenters. The molecule has 27 heavy (non-hydrogen) atoms. The van der Waals surface area contributed by atoms with E-state index in [4.69, 9.17) is 5.53 Å². The van der Waals surface area contributed by atoms with Gasteiger partial charge >= 0.3 is 12.0 Å². The highest BCUT2D eigenvalue weighted by Crippen LogP contribution is 2.39. The lowest BCUT2D eigenvalue weighted by Crippen LogP contribution is -2.44. The van der Waals surface area contributed by atoms with E-state index >= 15 is 0 Å². The number of rotatable bonds is 8. The highest BCUT2D eigenvalue weighted by molar-refractivity contribution is 9.09. The SMILES string of the molecule is COC(=O)CCCC[C@H]1SC[C@H](N(Cc2ccccc2)C(=O)N=[N+]=[N-])[C@H]1Br. The molecule has 0 spiro atoms. The second kappa shape index (κ2) is 11.2. The minimum absolute atomic E-state index is 0.0567. The van der Waals surface area contributed by atoms with Gasteiger partial charge in [-0.25, -0.2) is 0 Å². The van der Waals surface area contributed by atoms with Crippen LogP contribution in [-0.4, -0.2) is 45.9 Å². The zero-order chi connectivity index (χ0) is 19.6. The lowest BCUT2D eigenvalue weighted by molar-refractivity contribution is -0.140. The number of carbonyl (C=O) groups excluding carboxylic acids is 2. The van der Waals surface area contributed by atoms with E-state index in [2.05, 4.69) is 30.7 Å². The molecular formula is C18H23BrN4O3S. The van der Waals surface area contributed by atoms with Crippen molar-refractivity contribution >= 4 is 39.7 Å². The number of nitrogens with zero attached hydrogens (tertiary/aromatic N) is 4. The summed E-state index contributed by atoms with van der Waals surface area (Å²) in [4.78, 5) is 28.0. The molecule has 0 radical (unpaired) electrons. The number of hydrogen-bond donors (Lipinski definition) is 0. The number of azide groups is 1. The van der Waals surface area contributed by atoms with Crippen LogP contribution in [-0.2, 0) is 16.1 Å². The Labute approximate surface area is 171 Å². The fraction of sp³-hybridized carbons (Fsp3) is 0.556. The third-order valence-corrected chi connectivity index (χ3v) is 7.61. The number of alkyl halides is 1. The molecule has 3 atom stereocenters. The highest BCUT2D eigenvalue weighted by atomic mass is 79.9. The van der Waals surface area contributed by atoms with Crippen molar-refractivity contribution in [1.82, 2.24) is 4.90 Å². The Morgan fingerprint density at radius 2 is 2.11 bits per heavy atom. The van der Waals surface area contributed by atoms with Crippen LogP contribution in [0.1, 0.15) is 31.2 Å². The number of ether oxygens (including phenoxy) is 1. The summed E-state index contributed by atoms with van der Waals surface area (Å²) in [6.07, 6.45) is 3.09. The molecule has 1 aliphatic heterocycles. The van der Waals surface area contributed by atoms with E-state index < -0.39 is 6.03 Å². The van der Waals surface area contributed by atoms with Gasteiger partial charge < -0.3 is 9.64 Å². The molecule has 146 valence electrons. The number of esters is 1. The Morgan fingerprint density at radius 1 is 1.37 bits per heavy atom. The van der Waals surface area contributed by atoms with E-state index in [1.165, 1.54) is 7.11 Å². The lowest BCUT2D eigenvalue weighted by Gasteiger charge is -2.30. The Kier molecular flexibility index (Phi) is 8.97. The molecule has 0 aliphatic carbocycles. The summed E-state index contributed by atoms with van der Waals surface area (Å²) >= 11 is 5.56. The van der Waals surface area contributed by atoms with Gasteiger partial charge in [-0.1, -0.05) is 52.7 Å². The minimum atomic E-state index is -0.553. The number of thioether (sulfide) groups is 1. The molecule has 1 saturated heterocycles. The molecule has 1 fully saturated rings. The van der Waals surface area contributed by atoms with Crippen LogP contribution in [0.4, 0.5) is 4.79 Å². The Balaban J connectivity index is 1.98. The standard InChI is InChI=1S/C18H23BrN4O3S/c1-26-16(24)10-6-5-9-15-17(19)14(12-27-15)23(18(25)21-22-20)11-13-7-3-2-4-8-13/h2-4,7-8,14-15,17H,5-6,9-12H2,1H3/t14-,15+,17+/m0/s1. The van der Waals surface area contributed by atoms with Crippen LogP contribution in [0, 0.1) is 0 Å². The molecule has 0 bridgehead atoms. The van der Waals surface area contributed by atoms with Crippen molar-refractivity contribution < 1.29 is 14.3 Å². The molecule has 2 amide bonds. The molecule has 1 aromatic rings. The smallest absolute Gasteiger partial charge is 0.311 e. The molecular weight excluding hydrogens is 432 g/mol. The van der Waals surface area contributed by atoms with Gasteiger partial charge in [-0.3, -0.25) is 9.59 Å². The number of hydrogen-bond acceptors (Lipinski definition) is 4. The second-order valence-corrected chi connectivity index (χ2v) is 8.62. The molecule has 0 aromatic heterocycles. The maximum Gasteiger partial charge on any atom is 0.311 e. The fourth-order valence-electron chi connectivity index (χ4n) is 3.08. The summed E-state index contributed by atoms with van der Waals surface area (Å²) in [5, 5.41) is 3.65. The molecule has 1 aromatic carbocycles. The van der Waals surface area contributed by atoms with Gasteiger partial charge in [0.1, 0.15) is 0 Å². The predicted octanol–water partition coefficient (Wildman–Crippen LogP) is 4.90. The molecule has 7 nitrogen and oxygen atoms in total. The fourth-order valence-corrected chi connectivity index (χ4v) is 6.05. The van der Waals surface area contributed by atoms with Gasteiger partial charge in [-0.15, -0.1) is 0 Å². The molecule has 1 aliphatic rings. The summed E-state index contributed by atoms with van der Waals surface area (Å²) in [7, 11) is 1.40. The van der Waals surface area contributed by atoms with Crippen LogP contribution in [0.5, 0.6) is 0 Å². The summed E-state index contributed by atoms with van der Waals surface area (Å²) in [5.74, 6) is 0.591. The van der Waals surface area contributed by atoms with Crippen LogP contribution >= 0.6 is 27.7 Å². The third kappa shape index (κ3) is 6.45. The normalized spacial score (nSPS) is 21.3. The van der Waals surface area contributed by atoms with Gasteiger partial charge in [-0.05, 0) is 23.9 Å². The third-order valence-electron chi connectivity index (χ3n) is 4.52. The summed E-state index contributed by atoms with van der Waals surface area (Å²) in [5.41, 5.74) is 9.67. The van der Waals surface area contributed by atoms with Gasteiger partial charge in [-0.2, -0.15) is 11.8 Å². The molecule has 9 heteroatoms. The topological polar surface area (TPSA) is 95.4 Å². The van der Waals surface area contributed by atoms with E-state index in [-0.39, 0.29) is 16.8 Å². The molecule has 0 saturated carbocycles. The van der Waals surface area contributed by atoms with Crippen LogP contribution in [0.15, 0.2) is 35.4 Å². The Morgan fingerprint density at radius 3 is 2.78 bits per heavy atom. The number of urea groups is 1. The molecule has 2 rings (SSSR count). The van der Waals surface area contributed by atoms with Crippen molar-refractivity contribution in [2.75, 3.05) is 12.9 Å². The van der Waals surface area contributed by atoms with Crippen molar-refractivity contribution in [3.63, 3.8) is 0 Å². The first-order valence-electron chi connectivity index (χ1n) is 8.79. The van der Waals surface area contributed by atoms with Gasteiger partial charge in [0.2, 0.25) is 0 Å². The average molecular weight is 455 g/mol. The second-order valence-electron chi connectivity index (χ2n) is 6.29. The van der Waals surface area contributed by atoms with Gasteiger partial charge in [0, 0.05) is 38.8 Å². The van der Waals surface area contributed by atoms with Crippen LogP contribution in [0.25, 0.3) is 10.4 Å². The van der Waals surface area contributed by atoms with Crippen molar-refractivity contribution in [1.29, 1.82) is 0 Å². The number of amides is 2. The maximum absolute atomic E-state index is 12.4. The number of methoxy groups -OCH3 is 1. The van der Waals surface area contributed by atoms with Crippen LogP contribution < -0.4 is 0 Å². The summed E-state index contributed by atoms with van der Waals surface area (Å²) in [6.45, 7) is 0.404. The van der Waals surface area contributed by atoms with Gasteiger partial charge in [0.25, 0.3) is 0 Å². The average Bonchev–Trinajstić information content (AvgIpc) is 3.04. The lowest BCUT2D eigenvalue weighted by atomic mass is 10.1. The number of carbonyl (C=O) groups is 2. The zero-order valence-electron chi connectivity index (χ0n) is 15.2. The van der Waals surface area contributed by atoms with Gasteiger partial charge in [0.05, 0.1) is 13.2 Å². The first-order valence-corrected chi connectivity index (χ1v) is 10.8. The summed E-state index contributed by atoms with van der Waals surface area (Å²) in [6, 6.07) is 9.06. The molecule has 0 N–H and O–H groups in total. The Hall–Kier alpha value is -1.70. The van der Waals surface area contributed by atoms with Crippen molar-refractivity contribution in [3.05, 3.63) is 46.3 Å². The van der Waals surface area contributed by atoms with Gasteiger partial charge in [0.15, 0.2) is 0 Å². The van der Waals surface area contributed by atoms with Crippen molar-refractivity contribution in [3.8, 4) is 0 Å². The zero-order valence-corrected chi connectivity index (χ0v) is 17.6.